The maximum Gasteiger partial charge on any atom is 0.573 e. The molecule has 2 heterocycles. The largest absolute Gasteiger partial charge is 0.573 e. The van der Waals surface area contributed by atoms with Crippen LogP contribution in [0, 0.1) is 5.95 Å². The van der Waals surface area contributed by atoms with E-state index in [0.29, 0.717) is 24.2 Å². The number of piperazine rings is 1. The quantitative estimate of drug-likeness (QED) is 0.676. The Morgan fingerprint density at radius 1 is 1.08 bits per heavy atom. The summed E-state index contributed by atoms with van der Waals surface area (Å²) < 4.78 is 55.1. The average molecular weight is 355 g/mol. The molecule has 0 amide bonds. The highest BCUT2D eigenvalue weighted by Gasteiger charge is 2.31. The molecule has 1 aliphatic rings. The first-order valence-corrected chi connectivity index (χ1v) is 7.85. The van der Waals surface area contributed by atoms with Crippen molar-refractivity contribution in [2.45, 2.75) is 12.4 Å². The SMILES string of the molecule is Fc1ncccc1[C@@H](c1ccc(OC(F)(F)F)cc1)N1CCNCC1. The molecular weight excluding hydrogens is 338 g/mol. The molecule has 3 rings (SSSR count). The molecular formula is C17H17F4N3O. The highest BCUT2D eigenvalue weighted by Crippen LogP contribution is 2.32. The van der Waals surface area contributed by atoms with Gasteiger partial charge < -0.3 is 10.1 Å². The molecule has 1 aliphatic heterocycles. The first kappa shape index (κ1) is 17.6. The summed E-state index contributed by atoms with van der Waals surface area (Å²) in [4.78, 5) is 5.78. The number of benzene rings is 1. The number of ether oxygens (including phenoxy) is 1. The summed E-state index contributed by atoms with van der Waals surface area (Å²) >= 11 is 0. The minimum Gasteiger partial charge on any atom is -0.406 e. The van der Waals surface area contributed by atoms with Crippen LogP contribution in [-0.4, -0.2) is 42.4 Å². The zero-order valence-corrected chi connectivity index (χ0v) is 13.3. The zero-order chi connectivity index (χ0) is 17.9. The molecule has 0 spiro atoms. The highest BCUT2D eigenvalue weighted by atomic mass is 19.4. The Hall–Kier alpha value is -2.19. The van der Waals surface area contributed by atoms with Gasteiger partial charge in [-0.3, -0.25) is 4.90 Å². The lowest BCUT2D eigenvalue weighted by Crippen LogP contribution is -2.45. The van der Waals surface area contributed by atoms with Gasteiger partial charge in [0, 0.05) is 37.9 Å². The minimum absolute atomic E-state index is 0.304. The van der Waals surface area contributed by atoms with Gasteiger partial charge in [-0.25, -0.2) is 4.98 Å². The van der Waals surface area contributed by atoms with E-state index < -0.39 is 18.4 Å². The Morgan fingerprint density at radius 2 is 1.76 bits per heavy atom. The van der Waals surface area contributed by atoms with Crippen molar-refractivity contribution in [2.75, 3.05) is 26.2 Å². The van der Waals surface area contributed by atoms with Crippen molar-refractivity contribution >= 4 is 0 Å². The van der Waals surface area contributed by atoms with Crippen LogP contribution in [0.1, 0.15) is 17.2 Å². The van der Waals surface area contributed by atoms with Gasteiger partial charge in [0.15, 0.2) is 0 Å². The molecule has 1 aromatic carbocycles. The number of hydrogen-bond donors (Lipinski definition) is 1. The Bertz CT molecular complexity index is 700. The number of halogens is 4. The van der Waals surface area contributed by atoms with Crippen LogP contribution in [0.3, 0.4) is 0 Å². The van der Waals surface area contributed by atoms with Gasteiger partial charge in [-0.1, -0.05) is 18.2 Å². The Balaban J connectivity index is 1.93. The normalized spacial score (nSPS) is 17.3. The minimum atomic E-state index is -4.74. The topological polar surface area (TPSA) is 37.4 Å². The molecule has 1 N–H and O–H groups in total. The summed E-state index contributed by atoms with van der Waals surface area (Å²) in [5.74, 6) is -0.886. The van der Waals surface area contributed by atoms with Crippen molar-refractivity contribution in [3.05, 3.63) is 59.7 Å². The maximum absolute atomic E-state index is 14.3. The monoisotopic (exact) mass is 355 g/mol. The summed E-state index contributed by atoms with van der Waals surface area (Å²) in [6, 6.07) is 8.42. The van der Waals surface area contributed by atoms with E-state index in [1.165, 1.54) is 30.5 Å². The predicted octanol–water partition coefficient (Wildman–Crippen LogP) is 3.11. The summed E-state index contributed by atoms with van der Waals surface area (Å²) in [5.41, 5.74) is 1.08. The standard InChI is InChI=1S/C17H17F4N3O/c18-16-14(2-1-7-23-16)15(24-10-8-22-9-11-24)12-3-5-13(6-4-12)25-17(19,20)21/h1-7,15,22H,8-11H2/t15-/m1/s1. The van der Waals surface area contributed by atoms with E-state index in [-0.39, 0.29) is 5.75 Å². The maximum atomic E-state index is 14.3. The summed E-state index contributed by atoms with van der Waals surface area (Å²) in [7, 11) is 0. The second-order valence-corrected chi connectivity index (χ2v) is 5.69. The van der Waals surface area contributed by atoms with Crippen LogP contribution in [0.25, 0.3) is 0 Å². The number of nitrogens with one attached hydrogen (secondary N) is 1. The van der Waals surface area contributed by atoms with Crippen molar-refractivity contribution in [3.8, 4) is 5.75 Å². The molecule has 0 unspecified atom stereocenters. The van der Waals surface area contributed by atoms with E-state index in [1.807, 2.05) is 0 Å². The van der Waals surface area contributed by atoms with E-state index in [1.54, 1.807) is 12.1 Å². The molecule has 1 aromatic heterocycles. The predicted molar refractivity (Wildman–Crippen MR) is 83.6 cm³/mol. The van der Waals surface area contributed by atoms with Crippen LogP contribution < -0.4 is 10.1 Å². The Labute approximate surface area is 142 Å². The molecule has 134 valence electrons. The van der Waals surface area contributed by atoms with E-state index in [9.17, 15) is 17.6 Å². The molecule has 25 heavy (non-hydrogen) atoms. The molecule has 0 saturated carbocycles. The molecule has 0 bridgehead atoms. The molecule has 0 aliphatic carbocycles. The fraction of sp³-hybridized carbons (Fsp3) is 0.353. The van der Waals surface area contributed by atoms with Gasteiger partial charge in [-0.15, -0.1) is 13.2 Å². The lowest BCUT2D eigenvalue weighted by atomic mass is 9.97. The fourth-order valence-corrected chi connectivity index (χ4v) is 2.98. The second kappa shape index (κ2) is 7.37. The third-order valence-electron chi connectivity index (χ3n) is 4.03. The molecule has 0 radical (unpaired) electrons. The van der Waals surface area contributed by atoms with Crippen molar-refractivity contribution < 1.29 is 22.3 Å². The number of pyridine rings is 1. The second-order valence-electron chi connectivity index (χ2n) is 5.69. The van der Waals surface area contributed by atoms with E-state index in [4.69, 9.17) is 0 Å². The smallest absolute Gasteiger partial charge is 0.406 e. The van der Waals surface area contributed by atoms with Crippen molar-refractivity contribution in [1.82, 2.24) is 15.2 Å². The van der Waals surface area contributed by atoms with Crippen LogP contribution in [0.4, 0.5) is 17.6 Å². The van der Waals surface area contributed by atoms with Gasteiger partial charge >= 0.3 is 6.36 Å². The van der Waals surface area contributed by atoms with Gasteiger partial charge in [0.25, 0.3) is 0 Å². The lowest BCUT2D eigenvalue weighted by molar-refractivity contribution is -0.274. The average Bonchev–Trinajstić information content (AvgIpc) is 2.58. The Kier molecular flexibility index (Phi) is 5.19. The van der Waals surface area contributed by atoms with Crippen LogP contribution in [-0.2, 0) is 0 Å². The van der Waals surface area contributed by atoms with E-state index in [0.717, 1.165) is 13.1 Å². The highest BCUT2D eigenvalue weighted by molar-refractivity contribution is 5.35. The summed E-state index contributed by atoms with van der Waals surface area (Å²) in [6.07, 6.45) is -3.37. The summed E-state index contributed by atoms with van der Waals surface area (Å²) in [6.45, 7) is 2.90. The molecule has 8 heteroatoms. The van der Waals surface area contributed by atoms with Gasteiger partial charge in [0.1, 0.15) is 5.75 Å². The van der Waals surface area contributed by atoms with Crippen LogP contribution in [0.15, 0.2) is 42.6 Å². The van der Waals surface area contributed by atoms with Crippen LogP contribution in [0.2, 0.25) is 0 Å². The third-order valence-corrected chi connectivity index (χ3v) is 4.03. The van der Waals surface area contributed by atoms with Gasteiger partial charge in [0.05, 0.1) is 6.04 Å². The first-order chi connectivity index (χ1) is 11.9. The number of nitrogens with zero attached hydrogens (tertiary/aromatic N) is 2. The molecule has 1 fully saturated rings. The van der Waals surface area contributed by atoms with Crippen molar-refractivity contribution in [1.29, 1.82) is 0 Å². The molecule has 1 saturated heterocycles. The summed E-state index contributed by atoms with van der Waals surface area (Å²) in [5, 5.41) is 3.23. The first-order valence-electron chi connectivity index (χ1n) is 7.85. The number of rotatable bonds is 4. The van der Waals surface area contributed by atoms with Gasteiger partial charge in [-0.2, -0.15) is 4.39 Å². The van der Waals surface area contributed by atoms with Gasteiger partial charge in [-0.05, 0) is 23.8 Å². The lowest BCUT2D eigenvalue weighted by Gasteiger charge is -2.35. The third kappa shape index (κ3) is 4.46. The van der Waals surface area contributed by atoms with E-state index in [2.05, 4.69) is 19.9 Å². The number of alkyl halides is 3. The van der Waals surface area contributed by atoms with Gasteiger partial charge in [0.2, 0.25) is 5.95 Å². The number of hydrogen-bond acceptors (Lipinski definition) is 4. The molecule has 4 nitrogen and oxygen atoms in total. The fourth-order valence-electron chi connectivity index (χ4n) is 2.98. The van der Waals surface area contributed by atoms with Crippen LogP contribution >= 0.6 is 0 Å². The Morgan fingerprint density at radius 3 is 2.36 bits per heavy atom. The molecule has 1 atom stereocenters. The van der Waals surface area contributed by atoms with Crippen LogP contribution in [0.5, 0.6) is 5.75 Å². The number of aromatic nitrogens is 1. The van der Waals surface area contributed by atoms with Crippen molar-refractivity contribution in [3.63, 3.8) is 0 Å². The zero-order valence-electron chi connectivity index (χ0n) is 13.3. The van der Waals surface area contributed by atoms with Crippen molar-refractivity contribution in [2.24, 2.45) is 0 Å². The van der Waals surface area contributed by atoms with E-state index >= 15 is 0 Å². The molecule has 2 aromatic rings.